The molecule has 1 saturated heterocycles. The first-order valence-corrected chi connectivity index (χ1v) is 7.55. The molecule has 17 heavy (non-hydrogen) atoms. The maximum absolute atomic E-state index is 2.65. The van der Waals surface area contributed by atoms with Gasteiger partial charge >= 0.3 is 0 Å². The van der Waals surface area contributed by atoms with Gasteiger partial charge in [0.2, 0.25) is 0 Å². The van der Waals surface area contributed by atoms with Crippen LogP contribution in [0.3, 0.4) is 0 Å². The minimum Gasteiger partial charge on any atom is -0.303 e. The van der Waals surface area contributed by atoms with Crippen LogP contribution in [0.5, 0.6) is 0 Å². The molecule has 0 N–H and O–H groups in total. The normalized spacial score (nSPS) is 20.5. The smallest absolute Gasteiger partial charge is 0.000750 e. The summed E-state index contributed by atoms with van der Waals surface area (Å²) in [6, 6.07) is 0. The Labute approximate surface area is 115 Å². The summed E-state index contributed by atoms with van der Waals surface area (Å²) in [5, 5.41) is 0. The van der Waals surface area contributed by atoms with Crippen molar-refractivity contribution in [2.45, 2.75) is 71.6 Å². The van der Waals surface area contributed by atoms with E-state index in [0.717, 1.165) is 5.92 Å². The Balaban J connectivity index is 0.00000256. The number of halogens is 1. The lowest BCUT2D eigenvalue weighted by molar-refractivity contribution is 0.317. The Bertz CT molecular complexity index is 161. The molecule has 1 rings (SSSR count). The number of likely N-dealkylation sites (tertiary alicyclic amines) is 1. The van der Waals surface area contributed by atoms with Gasteiger partial charge in [-0.2, -0.15) is 0 Å². The Morgan fingerprint density at radius 3 is 2.06 bits per heavy atom. The van der Waals surface area contributed by atoms with Crippen LogP contribution in [-0.2, 0) is 0 Å². The molecule has 0 aliphatic carbocycles. The van der Waals surface area contributed by atoms with E-state index in [0.29, 0.717) is 0 Å². The van der Waals surface area contributed by atoms with Gasteiger partial charge in [-0.3, -0.25) is 0 Å². The maximum Gasteiger partial charge on any atom is 0.000750 e. The number of hydrogen-bond acceptors (Lipinski definition) is 1. The van der Waals surface area contributed by atoms with E-state index in [1.807, 2.05) is 0 Å². The zero-order chi connectivity index (χ0) is 11.6. The molecular formula is C15H32ClN. The summed E-state index contributed by atoms with van der Waals surface area (Å²) in [4.78, 5) is 2.65. The zero-order valence-corrected chi connectivity index (χ0v) is 12.7. The largest absolute Gasteiger partial charge is 0.303 e. The number of nitrogens with zero attached hydrogens (tertiary/aromatic N) is 1. The molecule has 0 aromatic carbocycles. The third-order valence-corrected chi connectivity index (χ3v) is 3.84. The lowest BCUT2D eigenvalue weighted by Crippen LogP contribution is -2.21. The van der Waals surface area contributed by atoms with Gasteiger partial charge in [0, 0.05) is 6.54 Å². The summed E-state index contributed by atoms with van der Waals surface area (Å²) in [5.74, 6) is 0.953. The van der Waals surface area contributed by atoms with Gasteiger partial charge in [-0.15, -0.1) is 12.4 Å². The van der Waals surface area contributed by atoms with Crippen LogP contribution in [0.25, 0.3) is 0 Å². The predicted octanol–water partition coefficient (Wildman–Crippen LogP) is 4.89. The van der Waals surface area contributed by atoms with Crippen LogP contribution in [-0.4, -0.2) is 24.5 Å². The molecule has 104 valence electrons. The molecule has 0 saturated carbocycles. The standard InChI is InChI=1S/C15H31N.ClH/c1-3-4-5-6-7-8-9-10-12-16-13-11-15(2)14-16;/h15H,3-14H2,1-2H3;1H. The van der Waals surface area contributed by atoms with Gasteiger partial charge in [0.25, 0.3) is 0 Å². The highest BCUT2D eigenvalue weighted by Gasteiger charge is 2.17. The van der Waals surface area contributed by atoms with Gasteiger partial charge in [0.1, 0.15) is 0 Å². The molecule has 1 aliphatic rings. The molecule has 0 bridgehead atoms. The van der Waals surface area contributed by atoms with Crippen molar-refractivity contribution >= 4 is 12.4 Å². The molecular weight excluding hydrogens is 230 g/mol. The summed E-state index contributed by atoms with van der Waals surface area (Å²) in [5.41, 5.74) is 0. The van der Waals surface area contributed by atoms with Crippen molar-refractivity contribution in [3.05, 3.63) is 0 Å². The average molecular weight is 262 g/mol. The van der Waals surface area contributed by atoms with Crippen LogP contribution in [0.1, 0.15) is 71.6 Å². The van der Waals surface area contributed by atoms with E-state index in [-0.39, 0.29) is 12.4 Å². The van der Waals surface area contributed by atoms with Crippen LogP contribution in [0, 0.1) is 5.92 Å². The highest BCUT2D eigenvalue weighted by atomic mass is 35.5. The van der Waals surface area contributed by atoms with Crippen LogP contribution < -0.4 is 0 Å². The lowest BCUT2D eigenvalue weighted by atomic mass is 10.1. The molecule has 0 aromatic rings. The fourth-order valence-corrected chi connectivity index (χ4v) is 2.70. The van der Waals surface area contributed by atoms with Crippen molar-refractivity contribution in [3.8, 4) is 0 Å². The summed E-state index contributed by atoms with van der Waals surface area (Å²) >= 11 is 0. The molecule has 2 heteroatoms. The third kappa shape index (κ3) is 8.90. The minimum atomic E-state index is 0. The zero-order valence-electron chi connectivity index (χ0n) is 11.9. The molecule has 0 spiro atoms. The van der Waals surface area contributed by atoms with E-state index in [1.54, 1.807) is 0 Å². The Hall–Kier alpha value is 0.250. The van der Waals surface area contributed by atoms with Crippen LogP contribution >= 0.6 is 12.4 Å². The molecule has 1 atom stereocenters. The molecule has 1 aliphatic heterocycles. The van der Waals surface area contributed by atoms with Gasteiger partial charge in [0.15, 0.2) is 0 Å². The van der Waals surface area contributed by atoms with Crippen molar-refractivity contribution in [2.75, 3.05) is 19.6 Å². The molecule has 1 heterocycles. The Kier molecular flexibility index (Phi) is 11.5. The van der Waals surface area contributed by atoms with Gasteiger partial charge in [-0.25, -0.2) is 0 Å². The van der Waals surface area contributed by atoms with Crippen molar-refractivity contribution in [3.63, 3.8) is 0 Å². The summed E-state index contributed by atoms with van der Waals surface area (Å²) in [7, 11) is 0. The van der Waals surface area contributed by atoms with Crippen molar-refractivity contribution < 1.29 is 0 Å². The van der Waals surface area contributed by atoms with Crippen molar-refractivity contribution in [1.29, 1.82) is 0 Å². The molecule has 1 nitrogen and oxygen atoms in total. The topological polar surface area (TPSA) is 3.24 Å². The Morgan fingerprint density at radius 1 is 0.941 bits per heavy atom. The first kappa shape index (κ1) is 17.2. The van der Waals surface area contributed by atoms with Crippen LogP contribution in [0.4, 0.5) is 0 Å². The molecule has 0 amide bonds. The summed E-state index contributed by atoms with van der Waals surface area (Å²) in [6.07, 6.45) is 13.0. The second-order valence-electron chi connectivity index (χ2n) is 5.67. The summed E-state index contributed by atoms with van der Waals surface area (Å²) in [6.45, 7) is 8.75. The quantitative estimate of drug-likeness (QED) is 0.534. The summed E-state index contributed by atoms with van der Waals surface area (Å²) < 4.78 is 0. The molecule has 0 aromatic heterocycles. The second-order valence-corrected chi connectivity index (χ2v) is 5.67. The van der Waals surface area contributed by atoms with E-state index in [9.17, 15) is 0 Å². The molecule has 1 unspecified atom stereocenters. The fourth-order valence-electron chi connectivity index (χ4n) is 2.70. The highest BCUT2D eigenvalue weighted by Crippen LogP contribution is 2.16. The Morgan fingerprint density at radius 2 is 1.53 bits per heavy atom. The number of unbranched alkanes of at least 4 members (excludes halogenated alkanes) is 7. The minimum absolute atomic E-state index is 0. The van der Waals surface area contributed by atoms with Crippen molar-refractivity contribution in [1.82, 2.24) is 4.90 Å². The van der Waals surface area contributed by atoms with E-state index in [1.165, 1.54) is 77.4 Å². The number of hydrogen-bond donors (Lipinski definition) is 0. The third-order valence-electron chi connectivity index (χ3n) is 3.84. The van der Waals surface area contributed by atoms with E-state index in [2.05, 4.69) is 18.7 Å². The molecule has 0 radical (unpaired) electrons. The van der Waals surface area contributed by atoms with E-state index < -0.39 is 0 Å². The van der Waals surface area contributed by atoms with Crippen LogP contribution in [0.15, 0.2) is 0 Å². The van der Waals surface area contributed by atoms with Crippen molar-refractivity contribution in [2.24, 2.45) is 5.92 Å². The SMILES string of the molecule is CCCCCCCCCCN1CCC(C)C1.Cl. The predicted molar refractivity (Wildman–Crippen MR) is 80.1 cm³/mol. The number of rotatable bonds is 9. The maximum atomic E-state index is 2.65. The molecule has 1 fully saturated rings. The van der Waals surface area contributed by atoms with Crippen LogP contribution in [0.2, 0.25) is 0 Å². The van der Waals surface area contributed by atoms with Gasteiger partial charge in [0.05, 0.1) is 0 Å². The fraction of sp³-hybridized carbons (Fsp3) is 1.00. The second kappa shape index (κ2) is 11.3. The van der Waals surface area contributed by atoms with Gasteiger partial charge in [-0.05, 0) is 31.8 Å². The van der Waals surface area contributed by atoms with Gasteiger partial charge < -0.3 is 4.90 Å². The van der Waals surface area contributed by atoms with E-state index in [4.69, 9.17) is 0 Å². The monoisotopic (exact) mass is 261 g/mol. The first-order chi connectivity index (χ1) is 7.83. The highest BCUT2D eigenvalue weighted by molar-refractivity contribution is 5.85. The lowest BCUT2D eigenvalue weighted by Gasteiger charge is -2.14. The average Bonchev–Trinajstić information content (AvgIpc) is 2.68. The van der Waals surface area contributed by atoms with Gasteiger partial charge in [-0.1, -0.05) is 58.8 Å². The van der Waals surface area contributed by atoms with E-state index >= 15 is 0 Å². The first-order valence-electron chi connectivity index (χ1n) is 7.55.